The number of carbonyl (C=O) groups excluding carboxylic acids is 1. The lowest BCUT2D eigenvalue weighted by atomic mass is 10.3. The van der Waals surface area contributed by atoms with Crippen LogP contribution < -0.4 is 16.0 Å². The predicted molar refractivity (Wildman–Crippen MR) is 114 cm³/mol. The Morgan fingerprint density at radius 2 is 2.07 bits per heavy atom. The number of hydrogen-bond donors (Lipinski definition) is 3. The van der Waals surface area contributed by atoms with E-state index in [-0.39, 0.29) is 11.8 Å². The summed E-state index contributed by atoms with van der Waals surface area (Å²) < 4.78 is 0. The number of aliphatic imine (C=N–C) groups is 1. The molecule has 1 aliphatic carbocycles. The molecule has 1 amide bonds. The molecular weight excluding hydrogens is 378 g/mol. The van der Waals surface area contributed by atoms with Gasteiger partial charge in [-0.25, -0.2) is 4.98 Å². The van der Waals surface area contributed by atoms with E-state index in [9.17, 15) is 4.79 Å². The summed E-state index contributed by atoms with van der Waals surface area (Å²) in [5.74, 6) is 1.24. The van der Waals surface area contributed by atoms with Crippen molar-refractivity contribution < 1.29 is 4.79 Å². The second kappa shape index (κ2) is 9.85. The van der Waals surface area contributed by atoms with Crippen LogP contribution in [0.5, 0.6) is 0 Å². The molecule has 2 aromatic rings. The van der Waals surface area contributed by atoms with Gasteiger partial charge in [-0.3, -0.25) is 9.79 Å². The van der Waals surface area contributed by atoms with E-state index in [0.29, 0.717) is 13.1 Å². The normalized spacial score (nSPS) is 14.2. The van der Waals surface area contributed by atoms with Crippen molar-refractivity contribution in [3.63, 3.8) is 0 Å². The van der Waals surface area contributed by atoms with Crippen molar-refractivity contribution in [2.75, 3.05) is 26.2 Å². The van der Waals surface area contributed by atoms with Crippen molar-refractivity contribution in [3.8, 4) is 10.6 Å². The van der Waals surface area contributed by atoms with Crippen LogP contribution in [0.3, 0.4) is 0 Å². The van der Waals surface area contributed by atoms with Gasteiger partial charge in [-0.1, -0.05) is 0 Å². The molecule has 3 rings (SSSR count). The van der Waals surface area contributed by atoms with E-state index in [1.165, 1.54) is 9.75 Å². The largest absolute Gasteiger partial charge is 0.357 e. The number of aryl methyl sites for hydroxylation is 1. The Morgan fingerprint density at radius 1 is 1.26 bits per heavy atom. The zero-order valence-electron chi connectivity index (χ0n) is 15.9. The standard InChI is InChI=1S/C19H27N5OS2/c1-3-20-19(23-11-10-21-18(25)14-4-5-14)22-9-8-15-6-7-17(27-15)16-12-26-13(2)24-16/h6-7,12,14H,3-5,8-11H2,1-2H3,(H,21,25)(H2,20,22,23). The fraction of sp³-hybridized carbons (Fsp3) is 0.526. The van der Waals surface area contributed by atoms with Crippen LogP contribution in [-0.4, -0.2) is 43.0 Å². The highest BCUT2D eigenvalue weighted by molar-refractivity contribution is 7.16. The van der Waals surface area contributed by atoms with E-state index in [4.69, 9.17) is 0 Å². The molecule has 0 aliphatic heterocycles. The Kier molecular flexibility index (Phi) is 7.23. The summed E-state index contributed by atoms with van der Waals surface area (Å²) in [7, 11) is 0. The lowest BCUT2D eigenvalue weighted by molar-refractivity contribution is -0.122. The first-order valence-electron chi connectivity index (χ1n) is 9.47. The van der Waals surface area contributed by atoms with Gasteiger partial charge in [0, 0.05) is 48.8 Å². The van der Waals surface area contributed by atoms with Gasteiger partial charge in [0.1, 0.15) is 0 Å². The van der Waals surface area contributed by atoms with Gasteiger partial charge < -0.3 is 16.0 Å². The SMILES string of the molecule is CCNC(=NCCc1ccc(-c2csc(C)n2)s1)NCCNC(=O)C1CC1. The Morgan fingerprint density at radius 3 is 2.78 bits per heavy atom. The molecule has 0 aromatic carbocycles. The Bertz CT molecular complexity index is 779. The molecule has 0 unspecified atom stereocenters. The number of amides is 1. The van der Waals surface area contributed by atoms with Crippen LogP contribution in [0.15, 0.2) is 22.5 Å². The maximum atomic E-state index is 11.6. The summed E-state index contributed by atoms with van der Waals surface area (Å²) in [6, 6.07) is 4.31. The van der Waals surface area contributed by atoms with Gasteiger partial charge in [-0.05, 0) is 38.8 Å². The monoisotopic (exact) mass is 405 g/mol. The number of nitrogens with zero attached hydrogens (tertiary/aromatic N) is 2. The third kappa shape index (κ3) is 6.32. The summed E-state index contributed by atoms with van der Waals surface area (Å²) in [5.41, 5.74) is 1.07. The van der Waals surface area contributed by atoms with Crippen LogP contribution in [0.1, 0.15) is 29.7 Å². The molecule has 0 saturated heterocycles. The number of rotatable bonds is 9. The molecule has 1 aliphatic rings. The van der Waals surface area contributed by atoms with E-state index in [1.54, 1.807) is 22.7 Å². The van der Waals surface area contributed by atoms with Crippen molar-refractivity contribution >= 4 is 34.5 Å². The molecule has 6 nitrogen and oxygen atoms in total. The van der Waals surface area contributed by atoms with Crippen LogP contribution in [0.25, 0.3) is 10.6 Å². The second-order valence-corrected chi connectivity index (χ2v) is 8.75. The fourth-order valence-corrected chi connectivity index (χ4v) is 4.25. The number of nitrogens with one attached hydrogen (secondary N) is 3. The molecule has 2 aromatic heterocycles. The van der Waals surface area contributed by atoms with Crippen LogP contribution in [0.2, 0.25) is 0 Å². The first-order valence-corrected chi connectivity index (χ1v) is 11.2. The topological polar surface area (TPSA) is 78.4 Å². The van der Waals surface area contributed by atoms with E-state index < -0.39 is 0 Å². The van der Waals surface area contributed by atoms with Gasteiger partial charge in [0.15, 0.2) is 5.96 Å². The quantitative estimate of drug-likeness (QED) is 0.341. The highest BCUT2D eigenvalue weighted by atomic mass is 32.1. The second-order valence-electron chi connectivity index (χ2n) is 6.52. The summed E-state index contributed by atoms with van der Waals surface area (Å²) in [5, 5.41) is 12.7. The maximum absolute atomic E-state index is 11.6. The summed E-state index contributed by atoms with van der Waals surface area (Å²) in [6.07, 6.45) is 2.98. The molecule has 1 fully saturated rings. The molecular formula is C19H27N5OS2. The summed E-state index contributed by atoms with van der Waals surface area (Å²) in [4.78, 5) is 23.3. The molecule has 3 N–H and O–H groups in total. The average molecular weight is 406 g/mol. The lowest BCUT2D eigenvalue weighted by Crippen LogP contribution is -2.41. The molecule has 27 heavy (non-hydrogen) atoms. The molecule has 0 bridgehead atoms. The number of hydrogen-bond acceptors (Lipinski definition) is 5. The highest BCUT2D eigenvalue weighted by Crippen LogP contribution is 2.29. The van der Waals surface area contributed by atoms with Crippen molar-refractivity contribution in [3.05, 3.63) is 27.4 Å². The minimum atomic E-state index is 0.183. The molecule has 2 heterocycles. The average Bonchev–Trinajstić information content (AvgIpc) is 3.26. The highest BCUT2D eigenvalue weighted by Gasteiger charge is 2.28. The Hall–Kier alpha value is -1.93. The minimum absolute atomic E-state index is 0.183. The molecule has 146 valence electrons. The Labute approximate surface area is 168 Å². The van der Waals surface area contributed by atoms with E-state index in [0.717, 1.165) is 49.0 Å². The molecule has 8 heteroatoms. The van der Waals surface area contributed by atoms with Crippen LogP contribution in [0.4, 0.5) is 0 Å². The van der Waals surface area contributed by atoms with E-state index in [2.05, 4.69) is 43.4 Å². The van der Waals surface area contributed by atoms with E-state index in [1.807, 2.05) is 13.8 Å². The summed E-state index contributed by atoms with van der Waals surface area (Å²) in [6.45, 7) is 6.92. The van der Waals surface area contributed by atoms with Crippen molar-refractivity contribution in [2.45, 2.75) is 33.1 Å². The number of aromatic nitrogens is 1. The van der Waals surface area contributed by atoms with Crippen LogP contribution in [0, 0.1) is 12.8 Å². The number of thiophene rings is 1. The summed E-state index contributed by atoms with van der Waals surface area (Å²) >= 11 is 3.47. The first-order chi connectivity index (χ1) is 13.2. The fourth-order valence-electron chi connectivity index (χ4n) is 2.60. The third-order valence-corrected chi connectivity index (χ3v) is 6.11. The maximum Gasteiger partial charge on any atom is 0.223 e. The predicted octanol–water partition coefficient (Wildman–Crippen LogP) is 2.80. The lowest BCUT2D eigenvalue weighted by Gasteiger charge is -2.11. The number of guanidine groups is 1. The smallest absolute Gasteiger partial charge is 0.223 e. The van der Waals surface area contributed by atoms with Gasteiger partial charge >= 0.3 is 0 Å². The third-order valence-electron chi connectivity index (χ3n) is 4.17. The van der Waals surface area contributed by atoms with Crippen molar-refractivity contribution in [1.82, 2.24) is 20.9 Å². The zero-order valence-corrected chi connectivity index (χ0v) is 17.5. The minimum Gasteiger partial charge on any atom is -0.357 e. The molecule has 0 atom stereocenters. The van der Waals surface area contributed by atoms with Crippen molar-refractivity contribution in [2.24, 2.45) is 10.9 Å². The van der Waals surface area contributed by atoms with Crippen LogP contribution >= 0.6 is 22.7 Å². The van der Waals surface area contributed by atoms with Gasteiger partial charge in [0.05, 0.1) is 15.6 Å². The van der Waals surface area contributed by atoms with Gasteiger partial charge in [-0.2, -0.15) is 0 Å². The van der Waals surface area contributed by atoms with Gasteiger partial charge in [-0.15, -0.1) is 22.7 Å². The zero-order chi connectivity index (χ0) is 19.1. The molecule has 0 radical (unpaired) electrons. The number of carbonyl (C=O) groups is 1. The Balaban J connectivity index is 1.42. The van der Waals surface area contributed by atoms with Crippen molar-refractivity contribution in [1.29, 1.82) is 0 Å². The van der Waals surface area contributed by atoms with Crippen LogP contribution in [-0.2, 0) is 11.2 Å². The molecule has 0 spiro atoms. The van der Waals surface area contributed by atoms with Gasteiger partial charge in [0.25, 0.3) is 0 Å². The molecule has 1 saturated carbocycles. The number of thiazole rings is 1. The first kappa shape index (κ1) is 19.8. The van der Waals surface area contributed by atoms with E-state index >= 15 is 0 Å². The van der Waals surface area contributed by atoms with Gasteiger partial charge in [0.2, 0.25) is 5.91 Å².